The second kappa shape index (κ2) is 7.89. The largest absolute Gasteiger partial charge is 0.478 e. The highest BCUT2D eigenvalue weighted by Gasteiger charge is 2.17. The Morgan fingerprint density at radius 1 is 0.893 bits per heavy atom. The van der Waals surface area contributed by atoms with Gasteiger partial charge < -0.3 is 10.4 Å². The summed E-state index contributed by atoms with van der Waals surface area (Å²) in [5, 5.41) is 11.6. The molecule has 3 rings (SSSR count). The monoisotopic (exact) mass is 397 g/mol. The quantitative estimate of drug-likeness (QED) is 0.587. The normalized spacial score (nSPS) is 10.9. The molecular formula is C19H15N3O5S. The first kappa shape index (κ1) is 19.1. The zero-order chi connectivity index (χ0) is 20.1. The van der Waals surface area contributed by atoms with Crippen LogP contribution in [0.3, 0.4) is 0 Å². The van der Waals surface area contributed by atoms with Gasteiger partial charge in [-0.25, -0.2) is 13.2 Å². The highest BCUT2D eigenvalue weighted by atomic mass is 32.2. The molecule has 1 heterocycles. The Kier molecular flexibility index (Phi) is 5.37. The fourth-order valence-electron chi connectivity index (χ4n) is 2.37. The summed E-state index contributed by atoms with van der Waals surface area (Å²) < 4.78 is 27.4. The molecule has 142 valence electrons. The molecule has 0 atom stereocenters. The summed E-state index contributed by atoms with van der Waals surface area (Å²) in [6.45, 7) is 0. The minimum absolute atomic E-state index is 0.0230. The third-order valence-electron chi connectivity index (χ3n) is 3.69. The van der Waals surface area contributed by atoms with Crippen LogP contribution in [-0.4, -0.2) is 30.4 Å². The first-order valence-electron chi connectivity index (χ1n) is 8.03. The van der Waals surface area contributed by atoms with Gasteiger partial charge in [-0.1, -0.05) is 12.1 Å². The number of benzene rings is 2. The standard InChI is InChI=1S/C19H15N3O5S/c23-18(21-15-6-1-5-14(10-15)19(24)25)13-4-2-8-17(11-13)28(26,27)22-16-7-3-9-20-12-16/h1-12,22H,(H,21,23)(H,24,25). The zero-order valence-corrected chi connectivity index (χ0v) is 15.2. The van der Waals surface area contributed by atoms with Crippen molar-refractivity contribution in [2.24, 2.45) is 0 Å². The van der Waals surface area contributed by atoms with Crippen LogP contribution in [0.1, 0.15) is 20.7 Å². The molecule has 0 radical (unpaired) electrons. The highest BCUT2D eigenvalue weighted by Crippen LogP contribution is 2.18. The van der Waals surface area contributed by atoms with Crippen molar-refractivity contribution in [1.82, 2.24) is 4.98 Å². The Balaban J connectivity index is 1.81. The van der Waals surface area contributed by atoms with Crippen LogP contribution >= 0.6 is 0 Å². The second-order valence-corrected chi connectivity index (χ2v) is 7.40. The van der Waals surface area contributed by atoms with Crippen molar-refractivity contribution in [1.29, 1.82) is 0 Å². The summed E-state index contributed by atoms with van der Waals surface area (Å²) in [5.74, 6) is -1.69. The van der Waals surface area contributed by atoms with Gasteiger partial charge in [-0.15, -0.1) is 0 Å². The highest BCUT2D eigenvalue weighted by molar-refractivity contribution is 7.92. The minimum atomic E-state index is -3.91. The van der Waals surface area contributed by atoms with Crippen molar-refractivity contribution in [3.05, 3.63) is 84.2 Å². The first-order valence-corrected chi connectivity index (χ1v) is 9.51. The number of carbonyl (C=O) groups excluding carboxylic acids is 1. The lowest BCUT2D eigenvalue weighted by molar-refractivity contribution is 0.0696. The predicted molar refractivity (Wildman–Crippen MR) is 103 cm³/mol. The van der Waals surface area contributed by atoms with Gasteiger partial charge in [0.15, 0.2) is 0 Å². The maximum atomic E-state index is 12.5. The Morgan fingerprint density at radius 3 is 2.32 bits per heavy atom. The van der Waals surface area contributed by atoms with E-state index < -0.39 is 21.9 Å². The molecule has 1 aromatic heterocycles. The predicted octanol–water partition coefficient (Wildman–Crippen LogP) is 2.83. The molecule has 0 bridgehead atoms. The van der Waals surface area contributed by atoms with Crippen LogP contribution in [0.2, 0.25) is 0 Å². The van der Waals surface area contributed by atoms with E-state index in [1.807, 2.05) is 0 Å². The molecule has 9 heteroatoms. The number of nitrogens with one attached hydrogen (secondary N) is 2. The van der Waals surface area contributed by atoms with Crippen LogP contribution < -0.4 is 10.0 Å². The molecule has 28 heavy (non-hydrogen) atoms. The molecule has 0 saturated carbocycles. The van der Waals surface area contributed by atoms with Gasteiger partial charge in [0.2, 0.25) is 0 Å². The van der Waals surface area contributed by atoms with Crippen molar-refractivity contribution in [2.45, 2.75) is 4.90 Å². The van der Waals surface area contributed by atoms with Crippen molar-refractivity contribution in [2.75, 3.05) is 10.0 Å². The number of rotatable bonds is 6. The third-order valence-corrected chi connectivity index (χ3v) is 5.07. The van der Waals surface area contributed by atoms with Gasteiger partial charge in [0.25, 0.3) is 15.9 Å². The number of aromatic nitrogens is 1. The van der Waals surface area contributed by atoms with Crippen LogP contribution in [0.15, 0.2) is 78.0 Å². The van der Waals surface area contributed by atoms with E-state index in [9.17, 15) is 18.0 Å². The molecule has 3 N–H and O–H groups in total. The molecular weight excluding hydrogens is 382 g/mol. The number of anilines is 2. The number of pyridine rings is 1. The van der Waals surface area contributed by atoms with Crippen LogP contribution in [-0.2, 0) is 10.0 Å². The summed E-state index contributed by atoms with van der Waals surface area (Å²) >= 11 is 0. The average molecular weight is 397 g/mol. The molecule has 0 spiro atoms. The fourth-order valence-corrected chi connectivity index (χ4v) is 3.46. The van der Waals surface area contributed by atoms with E-state index in [1.54, 1.807) is 12.1 Å². The lowest BCUT2D eigenvalue weighted by Gasteiger charge is -2.10. The Hall–Kier alpha value is -3.72. The van der Waals surface area contributed by atoms with E-state index in [4.69, 9.17) is 5.11 Å². The first-order chi connectivity index (χ1) is 13.3. The van der Waals surface area contributed by atoms with Crippen LogP contribution in [0.4, 0.5) is 11.4 Å². The van der Waals surface area contributed by atoms with Crippen molar-refractivity contribution < 1.29 is 23.1 Å². The smallest absolute Gasteiger partial charge is 0.335 e. The number of hydrogen-bond donors (Lipinski definition) is 3. The van der Waals surface area contributed by atoms with Crippen LogP contribution in [0.5, 0.6) is 0 Å². The van der Waals surface area contributed by atoms with E-state index in [-0.39, 0.29) is 21.7 Å². The zero-order valence-electron chi connectivity index (χ0n) is 14.4. The van der Waals surface area contributed by atoms with Gasteiger partial charge in [-0.2, -0.15) is 0 Å². The number of carboxylic acids is 1. The maximum Gasteiger partial charge on any atom is 0.335 e. The number of hydrogen-bond acceptors (Lipinski definition) is 5. The van der Waals surface area contributed by atoms with Gasteiger partial charge in [-0.3, -0.25) is 14.5 Å². The SMILES string of the molecule is O=C(O)c1cccc(NC(=O)c2cccc(S(=O)(=O)Nc3cccnc3)c2)c1. The Bertz CT molecular complexity index is 1130. The third kappa shape index (κ3) is 4.51. The van der Waals surface area contributed by atoms with Gasteiger partial charge in [0.05, 0.1) is 22.3 Å². The van der Waals surface area contributed by atoms with Crippen molar-refractivity contribution in [3.8, 4) is 0 Å². The molecule has 0 unspecified atom stereocenters. The Morgan fingerprint density at radius 2 is 1.61 bits per heavy atom. The number of nitrogens with zero attached hydrogens (tertiary/aromatic N) is 1. The van der Waals surface area contributed by atoms with Crippen molar-refractivity contribution >= 4 is 33.3 Å². The molecule has 0 aliphatic heterocycles. The Labute approximate surface area is 160 Å². The van der Waals surface area contributed by atoms with E-state index in [1.165, 1.54) is 60.9 Å². The van der Waals surface area contributed by atoms with E-state index in [0.717, 1.165) is 0 Å². The van der Waals surface area contributed by atoms with Crippen molar-refractivity contribution in [3.63, 3.8) is 0 Å². The van der Waals surface area contributed by atoms with Crippen LogP contribution in [0.25, 0.3) is 0 Å². The fraction of sp³-hybridized carbons (Fsp3) is 0. The average Bonchev–Trinajstić information content (AvgIpc) is 2.68. The molecule has 8 nitrogen and oxygen atoms in total. The number of sulfonamides is 1. The van der Waals surface area contributed by atoms with Gasteiger partial charge in [0.1, 0.15) is 0 Å². The molecule has 1 amide bonds. The lowest BCUT2D eigenvalue weighted by atomic mass is 10.2. The van der Waals surface area contributed by atoms with Gasteiger partial charge in [-0.05, 0) is 48.5 Å². The number of amides is 1. The van der Waals surface area contributed by atoms with Crippen LogP contribution in [0, 0.1) is 0 Å². The number of carboxylic acid groups (broad SMARTS) is 1. The maximum absolute atomic E-state index is 12.5. The number of carbonyl (C=O) groups is 2. The van der Waals surface area contributed by atoms with Gasteiger partial charge >= 0.3 is 5.97 Å². The molecule has 0 fully saturated rings. The van der Waals surface area contributed by atoms with E-state index in [2.05, 4.69) is 15.0 Å². The van der Waals surface area contributed by atoms with E-state index in [0.29, 0.717) is 5.69 Å². The minimum Gasteiger partial charge on any atom is -0.478 e. The summed E-state index contributed by atoms with van der Waals surface area (Å²) in [5.41, 5.74) is 0.707. The molecule has 0 aliphatic carbocycles. The molecule has 2 aromatic carbocycles. The van der Waals surface area contributed by atoms with E-state index >= 15 is 0 Å². The molecule has 0 saturated heterocycles. The summed E-state index contributed by atoms with van der Waals surface area (Å²) in [6.07, 6.45) is 2.88. The van der Waals surface area contributed by atoms with Gasteiger partial charge in [0, 0.05) is 17.4 Å². The summed E-state index contributed by atoms with van der Waals surface area (Å²) in [7, 11) is -3.91. The lowest BCUT2D eigenvalue weighted by Crippen LogP contribution is -2.16. The summed E-state index contributed by atoms with van der Waals surface area (Å²) in [6, 6.07) is 14.4. The number of aromatic carboxylic acids is 1. The molecule has 0 aliphatic rings. The molecule has 3 aromatic rings. The topological polar surface area (TPSA) is 125 Å². The summed E-state index contributed by atoms with van der Waals surface area (Å²) in [4.78, 5) is 27.2. The second-order valence-electron chi connectivity index (χ2n) is 5.72.